The molecule has 2 aromatic carbocycles. The average molecular weight is 344 g/mol. The van der Waals surface area contributed by atoms with E-state index in [2.05, 4.69) is 10.3 Å². The van der Waals surface area contributed by atoms with Crippen LogP contribution in [0.3, 0.4) is 0 Å². The number of nitrogens with one attached hydrogen (secondary N) is 1. The molecule has 0 saturated carbocycles. The van der Waals surface area contributed by atoms with Crippen molar-refractivity contribution in [2.24, 2.45) is 0 Å². The van der Waals surface area contributed by atoms with Crippen molar-refractivity contribution in [2.75, 3.05) is 12.4 Å². The zero-order valence-electron chi connectivity index (χ0n) is 13.1. The molecule has 0 radical (unpaired) electrons. The Kier molecular flexibility index (Phi) is 4.52. The molecule has 1 aromatic heterocycles. The first-order chi connectivity index (χ1) is 11.5. The van der Waals surface area contributed by atoms with E-state index >= 15 is 0 Å². The molecule has 0 spiro atoms. The fourth-order valence-corrected chi connectivity index (χ4v) is 2.97. The largest absolute Gasteiger partial charge is 0.508 e. The second kappa shape index (κ2) is 6.76. The molecule has 3 rings (SSSR count). The number of benzene rings is 2. The maximum Gasteiger partial charge on any atom is 0.266 e. The van der Waals surface area contributed by atoms with Gasteiger partial charge in [-0.15, -0.1) is 0 Å². The van der Waals surface area contributed by atoms with Crippen molar-refractivity contribution in [3.63, 3.8) is 0 Å². The first kappa shape index (κ1) is 16.1. The second-order valence-corrected chi connectivity index (χ2v) is 6.13. The van der Waals surface area contributed by atoms with Gasteiger partial charge in [-0.25, -0.2) is 4.98 Å². The Bertz CT molecular complexity index is 861. The van der Waals surface area contributed by atoms with Crippen LogP contribution in [0.15, 0.2) is 42.5 Å². The third-order valence-electron chi connectivity index (χ3n) is 3.34. The van der Waals surface area contributed by atoms with Gasteiger partial charge in [0.25, 0.3) is 5.91 Å². The van der Waals surface area contributed by atoms with Gasteiger partial charge in [0.1, 0.15) is 17.2 Å². The van der Waals surface area contributed by atoms with E-state index in [0.717, 1.165) is 16.0 Å². The van der Waals surface area contributed by atoms with Gasteiger partial charge in [-0.05, 0) is 49.4 Å². The van der Waals surface area contributed by atoms with E-state index in [1.165, 1.54) is 23.5 Å². The molecule has 2 N–H and O–H groups in total. The van der Waals surface area contributed by atoms with E-state index in [1.54, 1.807) is 26.2 Å². The van der Waals surface area contributed by atoms with Crippen LogP contribution in [0, 0.1) is 0 Å². The van der Waals surface area contributed by atoms with Crippen LogP contribution in [-0.2, 0) is 4.79 Å². The molecule has 24 heavy (non-hydrogen) atoms. The van der Waals surface area contributed by atoms with E-state index in [0.29, 0.717) is 10.9 Å². The van der Waals surface area contributed by atoms with Crippen molar-refractivity contribution in [3.8, 4) is 17.2 Å². The molecule has 1 amide bonds. The second-order valence-electron chi connectivity index (χ2n) is 5.10. The summed E-state index contributed by atoms with van der Waals surface area (Å²) in [5, 5.41) is 12.5. The van der Waals surface area contributed by atoms with E-state index < -0.39 is 6.10 Å². The van der Waals surface area contributed by atoms with Gasteiger partial charge in [0, 0.05) is 0 Å². The maximum absolute atomic E-state index is 12.2. The van der Waals surface area contributed by atoms with Crippen LogP contribution < -0.4 is 14.8 Å². The minimum atomic E-state index is -0.698. The molecule has 0 aliphatic carbocycles. The number of nitrogens with zero attached hydrogens (tertiary/aromatic N) is 1. The van der Waals surface area contributed by atoms with Crippen molar-refractivity contribution in [2.45, 2.75) is 13.0 Å². The summed E-state index contributed by atoms with van der Waals surface area (Å²) in [6.07, 6.45) is -0.698. The Morgan fingerprint density at radius 1 is 1.21 bits per heavy atom. The van der Waals surface area contributed by atoms with Crippen LogP contribution in [0.1, 0.15) is 6.92 Å². The van der Waals surface area contributed by atoms with Gasteiger partial charge in [0.15, 0.2) is 11.2 Å². The molecule has 124 valence electrons. The number of hydrogen-bond donors (Lipinski definition) is 2. The molecule has 0 aliphatic heterocycles. The molecule has 6 nitrogen and oxygen atoms in total. The zero-order chi connectivity index (χ0) is 17.1. The predicted molar refractivity (Wildman–Crippen MR) is 93.0 cm³/mol. The lowest BCUT2D eigenvalue weighted by molar-refractivity contribution is -0.122. The number of thiazole rings is 1. The number of aromatic nitrogens is 1. The van der Waals surface area contributed by atoms with Crippen molar-refractivity contribution < 1.29 is 19.4 Å². The third kappa shape index (κ3) is 3.57. The monoisotopic (exact) mass is 344 g/mol. The fraction of sp³-hybridized carbons (Fsp3) is 0.176. The molecule has 0 aliphatic rings. The molecule has 3 aromatic rings. The lowest BCUT2D eigenvalue weighted by Crippen LogP contribution is -2.30. The summed E-state index contributed by atoms with van der Waals surface area (Å²) < 4.78 is 11.7. The summed E-state index contributed by atoms with van der Waals surface area (Å²) in [5.74, 6) is 1.09. The SMILES string of the molecule is COc1ccc2nc(NC(=O)[C@@H](C)Oc3ccc(O)cc3)sc2c1. The number of amides is 1. The van der Waals surface area contributed by atoms with E-state index in [4.69, 9.17) is 9.47 Å². The lowest BCUT2D eigenvalue weighted by atomic mass is 10.3. The number of carbonyl (C=O) groups is 1. The molecule has 1 heterocycles. The summed E-state index contributed by atoms with van der Waals surface area (Å²) in [6, 6.07) is 11.7. The summed E-state index contributed by atoms with van der Waals surface area (Å²) in [4.78, 5) is 16.6. The van der Waals surface area contributed by atoms with Gasteiger partial charge in [0.2, 0.25) is 0 Å². The Hall–Kier alpha value is -2.80. The van der Waals surface area contributed by atoms with Crippen LogP contribution >= 0.6 is 11.3 Å². The Balaban J connectivity index is 1.68. The highest BCUT2D eigenvalue weighted by atomic mass is 32.1. The number of phenolic OH excluding ortho intramolecular Hbond substituents is 1. The minimum absolute atomic E-state index is 0.143. The Labute approximate surface area is 142 Å². The van der Waals surface area contributed by atoms with Crippen molar-refractivity contribution in [1.82, 2.24) is 4.98 Å². The van der Waals surface area contributed by atoms with Gasteiger partial charge < -0.3 is 14.6 Å². The first-order valence-electron chi connectivity index (χ1n) is 7.26. The number of anilines is 1. The standard InChI is InChI=1S/C17H16N2O4S/c1-10(23-12-5-3-11(20)4-6-12)16(21)19-17-18-14-8-7-13(22-2)9-15(14)24-17/h3-10,20H,1-2H3,(H,18,19,21)/t10-/m1/s1. The van der Waals surface area contributed by atoms with Gasteiger partial charge in [-0.1, -0.05) is 11.3 Å². The van der Waals surface area contributed by atoms with Gasteiger partial charge in [-0.3, -0.25) is 10.1 Å². The Morgan fingerprint density at radius 3 is 2.62 bits per heavy atom. The quantitative estimate of drug-likeness (QED) is 0.741. The van der Waals surface area contributed by atoms with Crippen LogP contribution in [0.25, 0.3) is 10.2 Å². The highest BCUT2D eigenvalue weighted by Crippen LogP contribution is 2.29. The summed E-state index contributed by atoms with van der Waals surface area (Å²) >= 11 is 1.37. The topological polar surface area (TPSA) is 80.7 Å². The van der Waals surface area contributed by atoms with Gasteiger partial charge >= 0.3 is 0 Å². The van der Waals surface area contributed by atoms with E-state index in [-0.39, 0.29) is 11.7 Å². The molecular weight excluding hydrogens is 328 g/mol. The highest BCUT2D eigenvalue weighted by Gasteiger charge is 2.17. The van der Waals surface area contributed by atoms with Crippen molar-refractivity contribution in [3.05, 3.63) is 42.5 Å². The lowest BCUT2D eigenvalue weighted by Gasteiger charge is -2.13. The van der Waals surface area contributed by atoms with Gasteiger partial charge in [-0.2, -0.15) is 0 Å². The average Bonchev–Trinajstić information content (AvgIpc) is 2.97. The van der Waals surface area contributed by atoms with Crippen molar-refractivity contribution in [1.29, 1.82) is 0 Å². The molecule has 0 bridgehead atoms. The number of phenols is 1. The number of fused-ring (bicyclic) bond motifs is 1. The number of aromatic hydroxyl groups is 1. The highest BCUT2D eigenvalue weighted by molar-refractivity contribution is 7.22. The number of methoxy groups -OCH3 is 1. The third-order valence-corrected chi connectivity index (χ3v) is 4.28. The predicted octanol–water partition coefficient (Wildman–Crippen LogP) is 3.42. The van der Waals surface area contributed by atoms with Gasteiger partial charge in [0.05, 0.1) is 17.3 Å². The summed E-state index contributed by atoms with van der Waals surface area (Å²) in [7, 11) is 1.60. The normalized spacial score (nSPS) is 11.9. The van der Waals surface area contributed by atoms with E-state index in [9.17, 15) is 9.90 Å². The molecular formula is C17H16N2O4S. The van der Waals surface area contributed by atoms with Crippen molar-refractivity contribution >= 4 is 32.6 Å². The molecule has 1 atom stereocenters. The summed E-state index contributed by atoms with van der Waals surface area (Å²) in [5.41, 5.74) is 0.795. The Morgan fingerprint density at radius 2 is 1.92 bits per heavy atom. The zero-order valence-corrected chi connectivity index (χ0v) is 14.0. The number of rotatable bonds is 5. The number of hydrogen-bond acceptors (Lipinski definition) is 6. The summed E-state index contributed by atoms with van der Waals surface area (Å²) in [6.45, 7) is 1.65. The van der Waals surface area contributed by atoms with Crippen LogP contribution in [0.4, 0.5) is 5.13 Å². The number of carbonyl (C=O) groups excluding carboxylic acids is 1. The first-order valence-corrected chi connectivity index (χ1v) is 8.08. The minimum Gasteiger partial charge on any atom is -0.508 e. The maximum atomic E-state index is 12.2. The number of ether oxygens (including phenoxy) is 2. The molecule has 0 unspecified atom stereocenters. The molecule has 0 fully saturated rings. The fourth-order valence-electron chi connectivity index (χ4n) is 2.07. The van der Waals surface area contributed by atoms with Crippen LogP contribution in [0.5, 0.6) is 17.2 Å². The van der Waals surface area contributed by atoms with Crippen LogP contribution in [-0.4, -0.2) is 29.2 Å². The van der Waals surface area contributed by atoms with Crippen LogP contribution in [0.2, 0.25) is 0 Å². The smallest absolute Gasteiger partial charge is 0.266 e. The molecule has 7 heteroatoms. The van der Waals surface area contributed by atoms with E-state index in [1.807, 2.05) is 18.2 Å². The molecule has 0 saturated heterocycles.